The Bertz CT molecular complexity index is 594. The van der Waals surface area contributed by atoms with E-state index in [0.29, 0.717) is 28.9 Å². The zero-order chi connectivity index (χ0) is 14.7. The standard InChI is InChI=1S/C16H21N3O/c1-10(2)9-13-11(3)19-16(15(18)14(13)17)20-12-7-5-4-6-8-12/h4-8,10H,9,18H2,1-3H3,(H2,17,19). The van der Waals surface area contributed by atoms with E-state index in [1.54, 1.807) is 0 Å². The summed E-state index contributed by atoms with van der Waals surface area (Å²) in [5, 5.41) is 0. The number of aryl methyl sites for hydroxylation is 1. The molecule has 0 saturated carbocycles. The molecule has 1 heterocycles. The molecular formula is C16H21N3O. The molecule has 4 heteroatoms. The molecule has 0 aliphatic rings. The number of para-hydroxylation sites is 1. The van der Waals surface area contributed by atoms with Crippen LogP contribution in [0.3, 0.4) is 0 Å². The first kappa shape index (κ1) is 14.2. The number of aromatic nitrogens is 1. The van der Waals surface area contributed by atoms with Crippen LogP contribution in [-0.4, -0.2) is 4.98 Å². The van der Waals surface area contributed by atoms with E-state index in [1.807, 2.05) is 37.3 Å². The first-order valence-corrected chi connectivity index (χ1v) is 6.76. The van der Waals surface area contributed by atoms with Gasteiger partial charge in [0.05, 0.1) is 5.69 Å². The number of rotatable bonds is 4. The quantitative estimate of drug-likeness (QED) is 0.891. The Morgan fingerprint density at radius 2 is 1.75 bits per heavy atom. The van der Waals surface area contributed by atoms with Gasteiger partial charge in [0.15, 0.2) is 0 Å². The van der Waals surface area contributed by atoms with Crippen molar-refractivity contribution < 1.29 is 4.74 Å². The van der Waals surface area contributed by atoms with Gasteiger partial charge in [-0.2, -0.15) is 0 Å². The first-order chi connectivity index (χ1) is 9.49. The summed E-state index contributed by atoms with van der Waals surface area (Å²) in [6.45, 7) is 6.22. The van der Waals surface area contributed by atoms with E-state index in [9.17, 15) is 0 Å². The van der Waals surface area contributed by atoms with Crippen LogP contribution in [-0.2, 0) is 6.42 Å². The molecule has 2 rings (SSSR count). The summed E-state index contributed by atoms with van der Waals surface area (Å²) < 4.78 is 5.71. The minimum Gasteiger partial charge on any atom is -0.437 e. The summed E-state index contributed by atoms with van der Waals surface area (Å²) in [4.78, 5) is 4.45. The Morgan fingerprint density at radius 1 is 1.10 bits per heavy atom. The number of benzene rings is 1. The molecule has 4 nitrogen and oxygen atoms in total. The zero-order valence-corrected chi connectivity index (χ0v) is 12.2. The molecule has 0 unspecified atom stereocenters. The molecule has 0 radical (unpaired) electrons. The van der Waals surface area contributed by atoms with Crippen molar-refractivity contribution in [3.8, 4) is 11.6 Å². The fraction of sp³-hybridized carbons (Fsp3) is 0.312. The predicted octanol–water partition coefficient (Wildman–Crippen LogP) is 3.55. The van der Waals surface area contributed by atoms with Crippen molar-refractivity contribution in [3.05, 3.63) is 41.6 Å². The number of pyridine rings is 1. The van der Waals surface area contributed by atoms with E-state index in [2.05, 4.69) is 18.8 Å². The molecule has 0 aliphatic carbocycles. The van der Waals surface area contributed by atoms with Crippen LogP contribution in [0.5, 0.6) is 11.6 Å². The van der Waals surface area contributed by atoms with Crippen molar-refractivity contribution in [3.63, 3.8) is 0 Å². The molecule has 1 aromatic carbocycles. The minimum atomic E-state index is 0.374. The van der Waals surface area contributed by atoms with Crippen molar-refractivity contribution in [1.82, 2.24) is 4.98 Å². The highest BCUT2D eigenvalue weighted by Crippen LogP contribution is 2.34. The van der Waals surface area contributed by atoms with Gasteiger partial charge in [-0.3, -0.25) is 0 Å². The second-order valence-corrected chi connectivity index (χ2v) is 5.32. The Labute approximate surface area is 119 Å². The van der Waals surface area contributed by atoms with Crippen molar-refractivity contribution in [2.24, 2.45) is 5.92 Å². The largest absolute Gasteiger partial charge is 0.437 e. The Morgan fingerprint density at radius 3 is 2.35 bits per heavy atom. The monoisotopic (exact) mass is 271 g/mol. The SMILES string of the molecule is Cc1nc(Oc2ccccc2)c(N)c(N)c1CC(C)C. The minimum absolute atomic E-state index is 0.374. The molecule has 4 N–H and O–H groups in total. The predicted molar refractivity (Wildman–Crippen MR) is 82.9 cm³/mol. The molecule has 0 saturated heterocycles. The van der Waals surface area contributed by atoms with Crippen molar-refractivity contribution in [1.29, 1.82) is 0 Å². The maximum Gasteiger partial charge on any atom is 0.245 e. The van der Waals surface area contributed by atoms with Gasteiger partial charge in [-0.1, -0.05) is 32.0 Å². The molecule has 0 bridgehead atoms. The summed E-state index contributed by atoms with van der Waals surface area (Å²) in [5.41, 5.74) is 15.1. The van der Waals surface area contributed by atoms with Crippen LogP contribution in [0.15, 0.2) is 30.3 Å². The Kier molecular flexibility index (Phi) is 4.13. The fourth-order valence-electron chi connectivity index (χ4n) is 2.10. The van der Waals surface area contributed by atoms with E-state index >= 15 is 0 Å². The van der Waals surface area contributed by atoms with Gasteiger partial charge < -0.3 is 16.2 Å². The number of hydrogen-bond acceptors (Lipinski definition) is 4. The highest BCUT2D eigenvalue weighted by Gasteiger charge is 2.16. The van der Waals surface area contributed by atoms with Gasteiger partial charge in [0.2, 0.25) is 5.88 Å². The van der Waals surface area contributed by atoms with Crippen LogP contribution < -0.4 is 16.2 Å². The summed E-state index contributed by atoms with van der Waals surface area (Å²) in [7, 11) is 0. The van der Waals surface area contributed by atoms with Gasteiger partial charge in [-0.05, 0) is 37.0 Å². The van der Waals surface area contributed by atoms with Gasteiger partial charge in [0.25, 0.3) is 0 Å². The lowest BCUT2D eigenvalue weighted by Gasteiger charge is -2.16. The number of anilines is 2. The Hall–Kier alpha value is -2.23. The highest BCUT2D eigenvalue weighted by atomic mass is 16.5. The first-order valence-electron chi connectivity index (χ1n) is 6.76. The molecule has 0 spiro atoms. The molecule has 0 amide bonds. The second kappa shape index (κ2) is 5.82. The lowest BCUT2D eigenvalue weighted by Crippen LogP contribution is -2.09. The van der Waals surface area contributed by atoms with Crippen LogP contribution in [0, 0.1) is 12.8 Å². The van der Waals surface area contributed by atoms with Crippen LogP contribution in [0.4, 0.5) is 11.4 Å². The third kappa shape index (κ3) is 3.02. The lowest BCUT2D eigenvalue weighted by molar-refractivity contribution is 0.463. The number of ether oxygens (including phenoxy) is 1. The molecule has 106 valence electrons. The van der Waals surface area contributed by atoms with E-state index < -0.39 is 0 Å². The summed E-state index contributed by atoms with van der Waals surface area (Å²) in [5.74, 6) is 1.57. The smallest absolute Gasteiger partial charge is 0.245 e. The van der Waals surface area contributed by atoms with E-state index in [-0.39, 0.29) is 0 Å². The topological polar surface area (TPSA) is 74.2 Å². The van der Waals surface area contributed by atoms with Gasteiger partial charge >= 0.3 is 0 Å². The van der Waals surface area contributed by atoms with Gasteiger partial charge in [0.1, 0.15) is 11.4 Å². The molecule has 0 atom stereocenters. The average molecular weight is 271 g/mol. The average Bonchev–Trinajstić information content (AvgIpc) is 2.42. The lowest BCUT2D eigenvalue weighted by atomic mass is 9.99. The highest BCUT2D eigenvalue weighted by molar-refractivity contribution is 5.73. The van der Waals surface area contributed by atoms with E-state index in [0.717, 1.165) is 17.7 Å². The second-order valence-electron chi connectivity index (χ2n) is 5.32. The number of nitrogens with two attached hydrogens (primary N) is 2. The molecule has 2 aromatic rings. The third-order valence-electron chi connectivity index (χ3n) is 3.12. The number of nitrogens with zero attached hydrogens (tertiary/aromatic N) is 1. The van der Waals surface area contributed by atoms with Crippen LogP contribution in [0.2, 0.25) is 0 Å². The van der Waals surface area contributed by atoms with Crippen molar-refractivity contribution >= 4 is 11.4 Å². The fourth-order valence-corrected chi connectivity index (χ4v) is 2.10. The van der Waals surface area contributed by atoms with Crippen molar-refractivity contribution in [2.75, 3.05) is 11.5 Å². The van der Waals surface area contributed by atoms with Gasteiger partial charge in [-0.15, -0.1) is 0 Å². The maximum absolute atomic E-state index is 6.14. The van der Waals surface area contributed by atoms with E-state index in [4.69, 9.17) is 16.2 Å². The molecule has 20 heavy (non-hydrogen) atoms. The van der Waals surface area contributed by atoms with Crippen LogP contribution in [0.1, 0.15) is 25.1 Å². The van der Waals surface area contributed by atoms with Gasteiger partial charge in [0, 0.05) is 5.69 Å². The molecular weight excluding hydrogens is 250 g/mol. The van der Waals surface area contributed by atoms with Crippen molar-refractivity contribution in [2.45, 2.75) is 27.2 Å². The maximum atomic E-state index is 6.14. The summed E-state index contributed by atoms with van der Waals surface area (Å²) >= 11 is 0. The summed E-state index contributed by atoms with van der Waals surface area (Å²) in [6, 6.07) is 9.43. The van der Waals surface area contributed by atoms with Gasteiger partial charge in [-0.25, -0.2) is 4.98 Å². The molecule has 0 aliphatic heterocycles. The Balaban J connectivity index is 2.37. The van der Waals surface area contributed by atoms with Crippen LogP contribution >= 0.6 is 0 Å². The zero-order valence-electron chi connectivity index (χ0n) is 12.2. The van der Waals surface area contributed by atoms with Crippen LogP contribution in [0.25, 0.3) is 0 Å². The number of nitrogen functional groups attached to an aromatic ring is 2. The molecule has 0 fully saturated rings. The third-order valence-corrected chi connectivity index (χ3v) is 3.12. The van der Waals surface area contributed by atoms with E-state index in [1.165, 1.54) is 0 Å². The summed E-state index contributed by atoms with van der Waals surface area (Å²) in [6.07, 6.45) is 0.862. The number of hydrogen-bond donors (Lipinski definition) is 2. The molecule has 1 aromatic heterocycles. The normalized spacial score (nSPS) is 10.8.